The molecule has 0 amide bonds. The third-order valence-electron chi connectivity index (χ3n) is 10.3. The van der Waals surface area contributed by atoms with Gasteiger partial charge in [0.2, 0.25) is 0 Å². The van der Waals surface area contributed by atoms with Gasteiger partial charge in [-0.3, -0.25) is 4.99 Å². The molecule has 0 unspecified atom stereocenters. The van der Waals surface area contributed by atoms with Crippen LogP contribution in [0.25, 0.3) is 49.4 Å². The molecule has 9 rings (SSSR count). The lowest BCUT2D eigenvalue weighted by Crippen LogP contribution is -2.10. The number of fused-ring (bicyclic) bond motifs is 2. The molecular weight excluding hydrogens is 663 g/mol. The maximum absolute atomic E-state index is 5.22. The Bertz CT molecular complexity index is 2710. The number of benzene rings is 7. The van der Waals surface area contributed by atoms with Gasteiger partial charge in [0, 0.05) is 21.8 Å². The Morgan fingerprint density at radius 1 is 0.679 bits per heavy atom. The Hall–Kier alpha value is -6.10. The van der Waals surface area contributed by atoms with Gasteiger partial charge in [0.15, 0.2) is 11.7 Å². The molecular formula is C49H37N3S. The molecule has 1 aliphatic heterocycles. The molecule has 7 aromatic rings. The molecule has 0 N–H and O–H groups in total. The highest BCUT2D eigenvalue weighted by Gasteiger charge is 2.28. The van der Waals surface area contributed by atoms with E-state index in [0.717, 1.165) is 39.8 Å². The zero-order chi connectivity index (χ0) is 35.7. The standard InChI is InChI=1S/C49H37N3S/c1-3-4-12-36-27-42-28-41(29-45-47(42)46-40(31-53-45)20-11-22-44(36)46)35-17-10-18-37(26-35)49(51-30-39-19-9-16-33-14-7-8-21-43(33)39)52-48(50-2)38-24-23-32-13-5-6-15-34(32)25-38/h3-26,28-29H,2,27,30-31H2,1H3/b4-3-,36-12+,51-49?,52-48?. The number of thioether (sulfide) groups is 1. The second kappa shape index (κ2) is 14.1. The molecule has 0 saturated carbocycles. The van der Waals surface area contributed by atoms with Gasteiger partial charge in [-0.1, -0.05) is 140 Å². The summed E-state index contributed by atoms with van der Waals surface area (Å²) in [5.74, 6) is 2.14. The molecule has 2 aliphatic rings. The van der Waals surface area contributed by atoms with E-state index < -0.39 is 0 Å². The minimum absolute atomic E-state index is 0.481. The maximum Gasteiger partial charge on any atom is 0.161 e. The zero-order valence-electron chi connectivity index (χ0n) is 29.6. The summed E-state index contributed by atoms with van der Waals surface area (Å²) in [6.45, 7) is 6.51. The average molecular weight is 700 g/mol. The van der Waals surface area contributed by atoms with Gasteiger partial charge >= 0.3 is 0 Å². The molecule has 0 radical (unpaired) electrons. The van der Waals surface area contributed by atoms with E-state index in [0.29, 0.717) is 18.2 Å². The molecule has 0 saturated heterocycles. The predicted octanol–water partition coefficient (Wildman–Crippen LogP) is 12.5. The Balaban J connectivity index is 1.16. The van der Waals surface area contributed by atoms with Crippen LogP contribution in [0.4, 0.5) is 0 Å². The Morgan fingerprint density at radius 2 is 1.47 bits per heavy atom. The van der Waals surface area contributed by atoms with Crippen LogP contribution >= 0.6 is 11.8 Å². The molecule has 1 aliphatic carbocycles. The molecule has 254 valence electrons. The molecule has 0 aromatic heterocycles. The fourth-order valence-electron chi connectivity index (χ4n) is 7.72. The number of rotatable bonds is 6. The van der Waals surface area contributed by atoms with Crippen molar-refractivity contribution in [2.75, 3.05) is 0 Å². The summed E-state index contributed by atoms with van der Waals surface area (Å²) in [5, 5.41) is 4.69. The number of hydrogen-bond acceptors (Lipinski definition) is 2. The van der Waals surface area contributed by atoms with E-state index >= 15 is 0 Å². The van der Waals surface area contributed by atoms with Gasteiger partial charge in [-0.05, 0) is 110 Å². The van der Waals surface area contributed by atoms with Crippen LogP contribution in [0.5, 0.6) is 0 Å². The molecule has 53 heavy (non-hydrogen) atoms. The van der Waals surface area contributed by atoms with Crippen molar-refractivity contribution in [1.29, 1.82) is 0 Å². The molecule has 7 aromatic carbocycles. The monoisotopic (exact) mass is 699 g/mol. The minimum Gasteiger partial charge on any atom is -0.261 e. The highest BCUT2D eigenvalue weighted by atomic mass is 32.2. The Kier molecular flexibility index (Phi) is 8.75. The van der Waals surface area contributed by atoms with Crippen molar-refractivity contribution in [3.63, 3.8) is 0 Å². The highest BCUT2D eigenvalue weighted by molar-refractivity contribution is 7.98. The third-order valence-corrected chi connectivity index (χ3v) is 11.4. The predicted molar refractivity (Wildman–Crippen MR) is 228 cm³/mol. The lowest BCUT2D eigenvalue weighted by atomic mass is 9.79. The smallest absolute Gasteiger partial charge is 0.161 e. The van der Waals surface area contributed by atoms with Crippen molar-refractivity contribution >= 4 is 57.3 Å². The summed E-state index contributed by atoms with van der Waals surface area (Å²) in [6, 6.07) is 49.7. The normalized spacial score (nSPS) is 14.6. The zero-order valence-corrected chi connectivity index (χ0v) is 30.4. The summed E-state index contributed by atoms with van der Waals surface area (Å²) in [4.78, 5) is 16.2. The molecule has 0 spiro atoms. The third kappa shape index (κ3) is 6.26. The van der Waals surface area contributed by atoms with Crippen molar-refractivity contribution in [1.82, 2.24) is 0 Å². The summed E-state index contributed by atoms with van der Waals surface area (Å²) in [7, 11) is 0. The molecule has 4 heteroatoms. The molecule has 0 atom stereocenters. The Labute approximate surface area is 314 Å². The second-order valence-electron chi connectivity index (χ2n) is 13.5. The van der Waals surface area contributed by atoms with Crippen LogP contribution < -0.4 is 0 Å². The molecule has 3 nitrogen and oxygen atoms in total. The topological polar surface area (TPSA) is 37.1 Å². The van der Waals surface area contributed by atoms with E-state index in [2.05, 4.69) is 176 Å². The first-order valence-electron chi connectivity index (χ1n) is 18.1. The number of nitrogens with zero attached hydrogens (tertiary/aromatic N) is 3. The van der Waals surface area contributed by atoms with Crippen LogP contribution in [-0.4, -0.2) is 18.4 Å². The van der Waals surface area contributed by atoms with Crippen LogP contribution in [0.15, 0.2) is 178 Å². The average Bonchev–Trinajstić information content (AvgIpc) is 3.22. The van der Waals surface area contributed by atoms with Crippen LogP contribution in [-0.2, 0) is 18.7 Å². The van der Waals surface area contributed by atoms with Crippen LogP contribution in [0.1, 0.15) is 40.3 Å². The molecule has 0 fully saturated rings. The van der Waals surface area contributed by atoms with Crippen LogP contribution in [0, 0.1) is 0 Å². The fraction of sp³-hybridized carbons (Fsp3) is 0.0816. The first-order valence-corrected chi connectivity index (χ1v) is 19.1. The van der Waals surface area contributed by atoms with Crippen LogP contribution in [0.3, 0.4) is 0 Å². The second-order valence-corrected chi connectivity index (χ2v) is 14.6. The maximum atomic E-state index is 5.22. The van der Waals surface area contributed by atoms with Crippen molar-refractivity contribution in [2.45, 2.75) is 30.5 Å². The first-order chi connectivity index (χ1) is 26.2. The summed E-state index contributed by atoms with van der Waals surface area (Å²) in [6.07, 6.45) is 7.45. The lowest BCUT2D eigenvalue weighted by Gasteiger charge is -2.31. The van der Waals surface area contributed by atoms with Gasteiger partial charge in [-0.15, -0.1) is 11.8 Å². The number of allylic oxidation sites excluding steroid dienone is 4. The minimum atomic E-state index is 0.481. The van der Waals surface area contributed by atoms with E-state index in [4.69, 9.17) is 9.98 Å². The molecule has 1 heterocycles. The Morgan fingerprint density at radius 3 is 2.36 bits per heavy atom. The summed E-state index contributed by atoms with van der Waals surface area (Å²) >= 11 is 1.94. The number of hydrogen-bond donors (Lipinski definition) is 0. The SMILES string of the molecule is C=NC(=NC(=NCc1cccc2ccccc12)c1cccc(-c2cc3c4c(c2)SCc2cccc(c2-4)/C(=C/C=C\C)C3)c1)c1ccc2ccccc2c1. The quantitative estimate of drug-likeness (QED) is 0.126. The van der Waals surface area contributed by atoms with Gasteiger partial charge in [-0.25, -0.2) is 9.98 Å². The molecule has 0 bridgehead atoms. The first kappa shape index (κ1) is 32.8. The number of amidine groups is 2. The van der Waals surface area contributed by atoms with Gasteiger partial charge in [0.1, 0.15) is 0 Å². The van der Waals surface area contributed by atoms with Crippen molar-refractivity contribution in [2.24, 2.45) is 15.0 Å². The van der Waals surface area contributed by atoms with Crippen LogP contribution in [0.2, 0.25) is 0 Å². The van der Waals surface area contributed by atoms with Crippen molar-refractivity contribution in [3.05, 3.63) is 191 Å². The van der Waals surface area contributed by atoms with E-state index in [-0.39, 0.29) is 0 Å². The summed E-state index contributed by atoms with van der Waals surface area (Å²) in [5.41, 5.74) is 13.7. The van der Waals surface area contributed by atoms with Gasteiger partial charge in [-0.2, -0.15) is 0 Å². The lowest BCUT2D eigenvalue weighted by molar-refractivity contribution is 1.07. The van der Waals surface area contributed by atoms with Gasteiger partial charge in [0.25, 0.3) is 0 Å². The van der Waals surface area contributed by atoms with E-state index in [1.807, 2.05) is 11.8 Å². The van der Waals surface area contributed by atoms with E-state index in [1.165, 1.54) is 60.0 Å². The fourth-order valence-corrected chi connectivity index (χ4v) is 8.86. The van der Waals surface area contributed by atoms with Gasteiger partial charge < -0.3 is 0 Å². The number of aliphatic imine (C=N–C) groups is 3. The van der Waals surface area contributed by atoms with E-state index in [1.54, 1.807) is 0 Å². The van der Waals surface area contributed by atoms with E-state index in [9.17, 15) is 0 Å². The van der Waals surface area contributed by atoms with Gasteiger partial charge in [0.05, 0.1) is 6.54 Å². The van der Waals surface area contributed by atoms with Crippen molar-refractivity contribution < 1.29 is 0 Å². The largest absolute Gasteiger partial charge is 0.261 e. The van der Waals surface area contributed by atoms with Crippen molar-refractivity contribution in [3.8, 4) is 22.3 Å². The highest BCUT2D eigenvalue weighted by Crippen LogP contribution is 2.51. The summed E-state index contributed by atoms with van der Waals surface area (Å²) < 4.78 is 0.